The number of aromatic nitrogens is 3. The Balaban J connectivity index is 1.56. The summed E-state index contributed by atoms with van der Waals surface area (Å²) in [6.45, 7) is 3.86. The lowest BCUT2D eigenvalue weighted by Crippen LogP contribution is -2.48. The van der Waals surface area contributed by atoms with E-state index in [1.807, 2.05) is 16.5 Å². The Morgan fingerprint density at radius 1 is 1.23 bits per heavy atom. The summed E-state index contributed by atoms with van der Waals surface area (Å²) < 4.78 is 1.88. The van der Waals surface area contributed by atoms with E-state index in [0.717, 1.165) is 38.5 Å². The lowest BCUT2D eigenvalue weighted by atomic mass is 10.2. The van der Waals surface area contributed by atoms with Crippen molar-refractivity contribution in [1.82, 2.24) is 24.3 Å². The molecule has 0 saturated carbocycles. The fourth-order valence-electron chi connectivity index (χ4n) is 2.56. The molecule has 116 valence electrons. The molecule has 2 aromatic rings. The van der Waals surface area contributed by atoms with Gasteiger partial charge in [-0.25, -0.2) is 4.98 Å². The number of pyridine rings is 1. The minimum Gasteiger partial charge on any atom is -0.336 e. The first-order valence-electron chi connectivity index (χ1n) is 7.23. The highest BCUT2D eigenvalue weighted by atomic mass is 35.5. The first kappa shape index (κ1) is 15.0. The lowest BCUT2D eigenvalue weighted by molar-refractivity contribution is 0.0624. The predicted octanol–water partition coefficient (Wildman–Crippen LogP) is 1.43. The summed E-state index contributed by atoms with van der Waals surface area (Å²) in [5.41, 5.74) is 0.694. The third-order valence-electron chi connectivity index (χ3n) is 3.98. The Bertz CT molecular complexity index is 649. The van der Waals surface area contributed by atoms with Gasteiger partial charge >= 0.3 is 0 Å². The zero-order chi connectivity index (χ0) is 15.5. The van der Waals surface area contributed by atoms with Gasteiger partial charge in [0.15, 0.2) is 0 Å². The number of halogens is 1. The van der Waals surface area contributed by atoms with Crippen LogP contribution in [-0.2, 0) is 13.6 Å². The number of hydrogen-bond acceptors (Lipinski definition) is 4. The molecule has 1 saturated heterocycles. The van der Waals surface area contributed by atoms with Gasteiger partial charge in [-0.2, -0.15) is 0 Å². The molecule has 1 aliphatic heterocycles. The molecule has 1 fully saturated rings. The van der Waals surface area contributed by atoms with Crippen LogP contribution in [0.2, 0.25) is 5.15 Å². The Morgan fingerprint density at radius 2 is 1.91 bits per heavy atom. The number of piperazine rings is 1. The smallest absolute Gasteiger partial charge is 0.254 e. The number of amides is 1. The predicted molar refractivity (Wildman–Crippen MR) is 83.6 cm³/mol. The second kappa shape index (κ2) is 6.46. The van der Waals surface area contributed by atoms with Crippen LogP contribution in [0.15, 0.2) is 30.7 Å². The van der Waals surface area contributed by atoms with Gasteiger partial charge in [0.05, 0.1) is 12.7 Å². The third kappa shape index (κ3) is 3.13. The van der Waals surface area contributed by atoms with Crippen LogP contribution >= 0.6 is 11.6 Å². The molecule has 0 aromatic carbocycles. The summed E-state index contributed by atoms with van der Waals surface area (Å²) >= 11 is 6.00. The number of hydrogen-bond donors (Lipinski definition) is 0. The summed E-state index contributed by atoms with van der Waals surface area (Å²) in [4.78, 5) is 24.8. The van der Waals surface area contributed by atoms with Crippen LogP contribution < -0.4 is 0 Å². The molecule has 0 radical (unpaired) electrons. The number of imidazole rings is 1. The van der Waals surface area contributed by atoms with Crippen molar-refractivity contribution >= 4 is 17.5 Å². The summed E-state index contributed by atoms with van der Waals surface area (Å²) in [6, 6.07) is 3.51. The maximum absolute atomic E-state index is 12.4. The van der Waals surface area contributed by atoms with Crippen LogP contribution in [0, 0.1) is 0 Å². The number of carbonyl (C=O) groups is 1. The molecule has 6 nitrogen and oxygen atoms in total. The third-order valence-corrected chi connectivity index (χ3v) is 4.33. The quantitative estimate of drug-likeness (QED) is 0.859. The molecular formula is C15H18ClN5O. The molecule has 3 rings (SSSR count). The standard InChI is InChI=1S/C15H18ClN5O/c1-19-13(16)10-18-14(19)11-20-6-8-21(9-7-20)15(22)12-2-4-17-5-3-12/h2-5,10H,6-9,11H2,1H3. The van der Waals surface area contributed by atoms with Crippen molar-refractivity contribution in [2.75, 3.05) is 26.2 Å². The minimum absolute atomic E-state index is 0.0714. The second-order valence-electron chi connectivity index (χ2n) is 5.36. The number of carbonyl (C=O) groups excluding carboxylic acids is 1. The van der Waals surface area contributed by atoms with Crippen molar-refractivity contribution in [3.8, 4) is 0 Å². The van der Waals surface area contributed by atoms with Crippen molar-refractivity contribution in [2.45, 2.75) is 6.54 Å². The van der Waals surface area contributed by atoms with E-state index in [1.165, 1.54) is 0 Å². The number of nitrogens with zero attached hydrogens (tertiary/aromatic N) is 5. The molecule has 1 aliphatic rings. The molecular weight excluding hydrogens is 302 g/mol. The van der Waals surface area contributed by atoms with E-state index in [-0.39, 0.29) is 5.91 Å². The monoisotopic (exact) mass is 319 g/mol. The summed E-state index contributed by atoms with van der Waals surface area (Å²) in [6.07, 6.45) is 4.96. The molecule has 0 spiro atoms. The van der Waals surface area contributed by atoms with E-state index in [1.54, 1.807) is 30.7 Å². The Kier molecular flexibility index (Phi) is 4.40. The topological polar surface area (TPSA) is 54.3 Å². The van der Waals surface area contributed by atoms with Crippen LogP contribution in [-0.4, -0.2) is 56.4 Å². The van der Waals surface area contributed by atoms with E-state index >= 15 is 0 Å². The molecule has 2 aromatic heterocycles. The molecule has 0 unspecified atom stereocenters. The van der Waals surface area contributed by atoms with Gasteiger partial charge < -0.3 is 9.47 Å². The van der Waals surface area contributed by atoms with Crippen molar-refractivity contribution in [1.29, 1.82) is 0 Å². The minimum atomic E-state index is 0.0714. The van der Waals surface area contributed by atoms with Gasteiger partial charge in [-0.1, -0.05) is 11.6 Å². The Morgan fingerprint density at radius 3 is 2.50 bits per heavy atom. The largest absolute Gasteiger partial charge is 0.336 e. The second-order valence-corrected chi connectivity index (χ2v) is 5.75. The summed E-state index contributed by atoms with van der Waals surface area (Å²) in [5, 5.41) is 0.640. The maximum atomic E-state index is 12.4. The van der Waals surface area contributed by atoms with Crippen molar-refractivity contribution in [2.24, 2.45) is 7.05 Å². The van der Waals surface area contributed by atoms with Crippen LogP contribution in [0.5, 0.6) is 0 Å². The fourth-order valence-corrected chi connectivity index (χ4v) is 2.70. The molecule has 1 amide bonds. The summed E-state index contributed by atoms with van der Waals surface area (Å²) in [7, 11) is 1.91. The molecule has 0 N–H and O–H groups in total. The van der Waals surface area contributed by atoms with E-state index < -0.39 is 0 Å². The first-order chi connectivity index (χ1) is 10.6. The van der Waals surface area contributed by atoms with E-state index in [0.29, 0.717) is 10.7 Å². The average Bonchev–Trinajstić information content (AvgIpc) is 2.88. The van der Waals surface area contributed by atoms with Crippen molar-refractivity contribution in [3.05, 3.63) is 47.3 Å². The zero-order valence-electron chi connectivity index (χ0n) is 12.4. The molecule has 7 heteroatoms. The van der Waals surface area contributed by atoms with Gasteiger partial charge in [-0.3, -0.25) is 14.7 Å². The van der Waals surface area contributed by atoms with Gasteiger partial charge in [0.1, 0.15) is 11.0 Å². The SMILES string of the molecule is Cn1c(Cl)cnc1CN1CCN(C(=O)c2ccncc2)CC1. The van der Waals surface area contributed by atoms with Crippen LogP contribution in [0.25, 0.3) is 0 Å². The molecule has 22 heavy (non-hydrogen) atoms. The van der Waals surface area contributed by atoms with Crippen LogP contribution in [0.3, 0.4) is 0 Å². The molecule has 0 bridgehead atoms. The van der Waals surface area contributed by atoms with Gasteiger partial charge in [0, 0.05) is 51.2 Å². The first-order valence-corrected chi connectivity index (χ1v) is 7.60. The van der Waals surface area contributed by atoms with Gasteiger partial charge in [-0.15, -0.1) is 0 Å². The van der Waals surface area contributed by atoms with E-state index in [2.05, 4.69) is 14.9 Å². The number of rotatable bonds is 3. The van der Waals surface area contributed by atoms with Crippen molar-refractivity contribution in [3.63, 3.8) is 0 Å². The maximum Gasteiger partial charge on any atom is 0.254 e. The van der Waals surface area contributed by atoms with Crippen LogP contribution in [0.1, 0.15) is 16.2 Å². The Labute approximate surface area is 134 Å². The molecule has 3 heterocycles. The fraction of sp³-hybridized carbons (Fsp3) is 0.400. The average molecular weight is 320 g/mol. The molecule has 0 aliphatic carbocycles. The highest BCUT2D eigenvalue weighted by molar-refractivity contribution is 6.29. The van der Waals surface area contributed by atoms with Gasteiger partial charge in [0.2, 0.25) is 0 Å². The Hall–Kier alpha value is -1.92. The van der Waals surface area contributed by atoms with Gasteiger partial charge in [-0.05, 0) is 12.1 Å². The summed E-state index contributed by atoms with van der Waals surface area (Å²) in [5.74, 6) is 1.01. The highest BCUT2D eigenvalue weighted by Gasteiger charge is 2.22. The lowest BCUT2D eigenvalue weighted by Gasteiger charge is -2.34. The van der Waals surface area contributed by atoms with Crippen molar-refractivity contribution < 1.29 is 4.79 Å². The normalized spacial score (nSPS) is 16.0. The van der Waals surface area contributed by atoms with E-state index in [4.69, 9.17) is 11.6 Å². The van der Waals surface area contributed by atoms with Gasteiger partial charge in [0.25, 0.3) is 5.91 Å². The van der Waals surface area contributed by atoms with Crippen LogP contribution in [0.4, 0.5) is 0 Å². The van der Waals surface area contributed by atoms with E-state index in [9.17, 15) is 4.79 Å². The molecule has 0 atom stereocenters. The zero-order valence-corrected chi connectivity index (χ0v) is 13.2. The highest BCUT2D eigenvalue weighted by Crippen LogP contribution is 2.13.